The van der Waals surface area contributed by atoms with Crippen molar-refractivity contribution in [2.75, 3.05) is 16.9 Å². The van der Waals surface area contributed by atoms with Crippen LogP contribution in [0.25, 0.3) is 6.08 Å². The molecule has 6 nitrogen and oxygen atoms in total. The lowest BCUT2D eigenvalue weighted by atomic mass is 10.0. The van der Waals surface area contributed by atoms with Crippen LogP contribution in [0.3, 0.4) is 0 Å². The van der Waals surface area contributed by atoms with E-state index in [0.717, 1.165) is 14.3 Å². The molecular formula is C24H17BrN2O4. The lowest BCUT2D eigenvalue weighted by Gasteiger charge is -2.34. The zero-order valence-corrected chi connectivity index (χ0v) is 18.1. The number of methoxy groups -OCH3 is 1. The van der Waals surface area contributed by atoms with E-state index in [4.69, 9.17) is 4.74 Å². The average Bonchev–Trinajstić information content (AvgIpc) is 2.78. The van der Waals surface area contributed by atoms with Gasteiger partial charge in [0.1, 0.15) is 11.3 Å². The van der Waals surface area contributed by atoms with Crippen LogP contribution in [0.1, 0.15) is 5.56 Å². The second kappa shape index (κ2) is 8.57. The number of nitrogens with zero attached hydrogens (tertiary/aromatic N) is 2. The van der Waals surface area contributed by atoms with Gasteiger partial charge in [0.15, 0.2) is 0 Å². The highest BCUT2D eigenvalue weighted by Crippen LogP contribution is 2.31. The minimum absolute atomic E-state index is 0.149. The number of ether oxygens (including phenoxy) is 1. The van der Waals surface area contributed by atoms with Crippen molar-refractivity contribution in [3.63, 3.8) is 0 Å². The number of hydrogen-bond acceptors (Lipinski definition) is 4. The number of anilines is 2. The molecule has 0 unspecified atom stereocenters. The molecule has 31 heavy (non-hydrogen) atoms. The molecule has 0 atom stereocenters. The molecule has 4 rings (SSSR count). The summed E-state index contributed by atoms with van der Waals surface area (Å²) in [4.78, 5) is 42.0. The van der Waals surface area contributed by atoms with Crippen molar-refractivity contribution in [3.05, 3.63) is 94.5 Å². The van der Waals surface area contributed by atoms with Crippen molar-refractivity contribution in [3.8, 4) is 5.75 Å². The van der Waals surface area contributed by atoms with Gasteiger partial charge in [-0.05, 0) is 48.5 Å². The third-order valence-corrected chi connectivity index (χ3v) is 5.26. The molecule has 1 aliphatic rings. The number of hydrogen-bond donors (Lipinski definition) is 0. The Labute approximate surface area is 187 Å². The first kappa shape index (κ1) is 20.6. The minimum atomic E-state index is -0.731. The van der Waals surface area contributed by atoms with Gasteiger partial charge in [0, 0.05) is 10.0 Å². The molecule has 3 aromatic rings. The molecule has 4 amide bonds. The summed E-state index contributed by atoms with van der Waals surface area (Å²) in [6.07, 6.45) is 1.45. The summed E-state index contributed by atoms with van der Waals surface area (Å²) in [6, 6.07) is 21.6. The first-order valence-corrected chi connectivity index (χ1v) is 10.2. The Hall–Kier alpha value is -3.71. The Kier molecular flexibility index (Phi) is 5.68. The zero-order valence-electron chi connectivity index (χ0n) is 16.5. The van der Waals surface area contributed by atoms with E-state index in [2.05, 4.69) is 15.9 Å². The maximum atomic E-state index is 13.3. The number of rotatable bonds is 4. The molecule has 0 spiro atoms. The van der Waals surface area contributed by atoms with Gasteiger partial charge in [-0.25, -0.2) is 14.6 Å². The summed E-state index contributed by atoms with van der Waals surface area (Å²) in [7, 11) is 1.51. The molecule has 1 saturated heterocycles. The van der Waals surface area contributed by atoms with Crippen molar-refractivity contribution < 1.29 is 19.1 Å². The standard InChI is InChI=1S/C24H17BrN2O4/c1-31-21-13-12-17(25)14-16(21)15-20-22(28)26(18-8-4-2-5-9-18)24(30)27(23(20)29)19-10-6-3-7-11-19/h2-15H,1H3. The van der Waals surface area contributed by atoms with Crippen molar-refractivity contribution in [1.29, 1.82) is 0 Å². The van der Waals surface area contributed by atoms with E-state index in [1.807, 2.05) is 0 Å². The fourth-order valence-corrected chi connectivity index (χ4v) is 3.69. The van der Waals surface area contributed by atoms with Gasteiger partial charge in [0.25, 0.3) is 11.8 Å². The summed E-state index contributed by atoms with van der Waals surface area (Å²) < 4.78 is 6.13. The topological polar surface area (TPSA) is 66.9 Å². The SMILES string of the molecule is COc1ccc(Br)cc1C=C1C(=O)N(c2ccccc2)C(=O)N(c2ccccc2)C1=O. The van der Waals surface area contributed by atoms with Gasteiger partial charge in [0.05, 0.1) is 18.5 Å². The third kappa shape index (κ3) is 3.87. The lowest BCUT2D eigenvalue weighted by molar-refractivity contribution is -0.121. The predicted octanol–water partition coefficient (Wildman–Crippen LogP) is 5.04. The predicted molar refractivity (Wildman–Crippen MR) is 122 cm³/mol. The zero-order chi connectivity index (χ0) is 22.0. The summed E-state index contributed by atoms with van der Waals surface area (Å²) in [5, 5.41) is 0. The normalized spacial score (nSPS) is 14.1. The van der Waals surface area contributed by atoms with E-state index in [-0.39, 0.29) is 5.57 Å². The Morgan fingerprint density at radius 3 is 1.77 bits per heavy atom. The lowest BCUT2D eigenvalue weighted by Crippen LogP contribution is -2.57. The molecule has 7 heteroatoms. The molecule has 0 radical (unpaired) electrons. The van der Waals surface area contributed by atoms with Gasteiger partial charge < -0.3 is 4.74 Å². The highest BCUT2D eigenvalue weighted by Gasteiger charge is 2.43. The molecule has 1 heterocycles. The average molecular weight is 477 g/mol. The molecule has 0 saturated carbocycles. The van der Waals surface area contributed by atoms with E-state index < -0.39 is 17.8 Å². The fraction of sp³-hybridized carbons (Fsp3) is 0.0417. The fourth-order valence-electron chi connectivity index (χ4n) is 3.31. The van der Waals surface area contributed by atoms with Crippen molar-refractivity contribution in [2.24, 2.45) is 0 Å². The molecule has 0 aliphatic carbocycles. The first-order valence-electron chi connectivity index (χ1n) is 9.39. The van der Waals surface area contributed by atoms with E-state index in [9.17, 15) is 14.4 Å². The molecule has 154 valence electrons. The first-order chi connectivity index (χ1) is 15.0. The van der Waals surface area contributed by atoms with Crippen LogP contribution in [0, 0.1) is 0 Å². The minimum Gasteiger partial charge on any atom is -0.496 e. The Bertz CT molecular complexity index is 1130. The molecule has 3 aromatic carbocycles. The number of carbonyl (C=O) groups excluding carboxylic acids is 3. The van der Waals surface area contributed by atoms with Crippen molar-refractivity contribution in [2.45, 2.75) is 0 Å². The van der Waals surface area contributed by atoms with Crippen molar-refractivity contribution >= 4 is 51.2 Å². The highest BCUT2D eigenvalue weighted by atomic mass is 79.9. The molecule has 0 aromatic heterocycles. The van der Waals surface area contributed by atoms with Crippen LogP contribution in [0.2, 0.25) is 0 Å². The maximum absolute atomic E-state index is 13.3. The number of imide groups is 2. The molecule has 0 N–H and O–H groups in total. The number of para-hydroxylation sites is 2. The quantitative estimate of drug-likeness (QED) is 0.390. The summed E-state index contributed by atoms with van der Waals surface area (Å²) >= 11 is 3.40. The summed E-state index contributed by atoms with van der Waals surface area (Å²) in [5.74, 6) is -0.906. The van der Waals surface area contributed by atoms with Gasteiger partial charge in [-0.3, -0.25) is 9.59 Å². The Balaban J connectivity index is 1.90. The van der Waals surface area contributed by atoms with Gasteiger partial charge in [0.2, 0.25) is 0 Å². The van der Waals surface area contributed by atoms with Crippen LogP contribution in [0.5, 0.6) is 5.75 Å². The number of carbonyl (C=O) groups is 3. The molecule has 0 bridgehead atoms. The van der Waals surface area contributed by atoms with Crippen LogP contribution in [-0.4, -0.2) is 25.0 Å². The van der Waals surface area contributed by atoms with Crippen LogP contribution in [0.4, 0.5) is 16.2 Å². The van der Waals surface area contributed by atoms with Crippen LogP contribution >= 0.6 is 15.9 Å². The second-order valence-corrected chi connectivity index (χ2v) is 7.59. The van der Waals surface area contributed by atoms with E-state index in [1.54, 1.807) is 78.9 Å². The maximum Gasteiger partial charge on any atom is 0.343 e. The largest absolute Gasteiger partial charge is 0.496 e. The van der Waals surface area contributed by atoms with Crippen molar-refractivity contribution in [1.82, 2.24) is 0 Å². The van der Waals surface area contributed by atoms with Gasteiger partial charge in [-0.1, -0.05) is 52.3 Å². The monoisotopic (exact) mass is 476 g/mol. The van der Waals surface area contributed by atoms with Gasteiger partial charge >= 0.3 is 6.03 Å². The van der Waals surface area contributed by atoms with Crippen LogP contribution < -0.4 is 14.5 Å². The van der Waals surface area contributed by atoms with E-state index >= 15 is 0 Å². The van der Waals surface area contributed by atoms with Gasteiger partial charge in [-0.15, -0.1) is 0 Å². The van der Waals surface area contributed by atoms with E-state index in [0.29, 0.717) is 22.7 Å². The second-order valence-electron chi connectivity index (χ2n) is 6.68. The number of barbiturate groups is 1. The highest BCUT2D eigenvalue weighted by molar-refractivity contribution is 9.10. The summed E-state index contributed by atoms with van der Waals surface area (Å²) in [5.41, 5.74) is 1.13. The summed E-state index contributed by atoms with van der Waals surface area (Å²) in [6.45, 7) is 0. The Morgan fingerprint density at radius 1 is 0.774 bits per heavy atom. The van der Waals surface area contributed by atoms with Gasteiger partial charge in [-0.2, -0.15) is 0 Å². The van der Waals surface area contributed by atoms with Crippen LogP contribution in [0.15, 0.2) is 88.9 Å². The van der Waals surface area contributed by atoms with Crippen LogP contribution in [-0.2, 0) is 9.59 Å². The molecular weight excluding hydrogens is 460 g/mol. The molecule has 1 fully saturated rings. The third-order valence-electron chi connectivity index (χ3n) is 4.77. The molecule has 1 aliphatic heterocycles. The number of benzene rings is 3. The number of halogens is 1. The van der Waals surface area contributed by atoms with E-state index in [1.165, 1.54) is 13.2 Å². The Morgan fingerprint density at radius 2 is 1.29 bits per heavy atom. The smallest absolute Gasteiger partial charge is 0.343 e. The number of urea groups is 1. The number of amides is 4.